The van der Waals surface area contributed by atoms with Crippen LogP contribution in [-0.4, -0.2) is 4.98 Å². The van der Waals surface area contributed by atoms with Crippen molar-refractivity contribution in [1.82, 2.24) is 4.98 Å². The number of hydrogen-bond acceptors (Lipinski definition) is 2. The molecule has 0 spiro atoms. The Kier molecular flexibility index (Phi) is 3.26. The number of pyridine rings is 1. The predicted octanol–water partition coefficient (Wildman–Crippen LogP) is 4.73. The molecule has 0 atom stereocenters. The summed E-state index contributed by atoms with van der Waals surface area (Å²) in [7, 11) is 0. The third-order valence-corrected chi connectivity index (χ3v) is 4.14. The molecule has 0 aliphatic rings. The van der Waals surface area contributed by atoms with Crippen molar-refractivity contribution in [3.8, 4) is 10.4 Å². The van der Waals surface area contributed by atoms with Gasteiger partial charge < -0.3 is 0 Å². The van der Waals surface area contributed by atoms with Crippen molar-refractivity contribution in [2.45, 2.75) is 19.8 Å². The molecule has 0 saturated carbocycles. The minimum absolute atomic E-state index is 0.326. The minimum Gasteiger partial charge on any atom is -0.261 e. The van der Waals surface area contributed by atoms with Gasteiger partial charge in [-0.05, 0) is 18.1 Å². The molecule has 0 fully saturated rings. The summed E-state index contributed by atoms with van der Waals surface area (Å²) in [6.45, 7) is 4.18. The Morgan fingerprint density at radius 1 is 1.31 bits per heavy atom. The lowest BCUT2D eigenvalue weighted by Gasteiger charge is -2.00. The van der Waals surface area contributed by atoms with E-state index in [9.17, 15) is 4.39 Å². The fourth-order valence-corrected chi connectivity index (χ4v) is 3.01. The highest BCUT2D eigenvalue weighted by atomic mass is 35.5. The fraction of sp³-hybridized carbons (Fsp3) is 0.250. The first-order valence-electron chi connectivity index (χ1n) is 4.98. The molecule has 0 saturated heterocycles. The highest BCUT2D eigenvalue weighted by Gasteiger charge is 2.12. The van der Waals surface area contributed by atoms with Gasteiger partial charge in [-0.1, -0.05) is 25.4 Å². The van der Waals surface area contributed by atoms with Crippen LogP contribution in [0.3, 0.4) is 0 Å². The molecule has 0 radical (unpaired) electrons. The quantitative estimate of drug-likeness (QED) is 0.756. The Labute approximate surface area is 103 Å². The molecule has 2 heterocycles. The molecule has 0 aromatic carbocycles. The van der Waals surface area contributed by atoms with Crippen LogP contribution >= 0.6 is 22.9 Å². The molecule has 0 N–H and O–H groups in total. The summed E-state index contributed by atoms with van der Waals surface area (Å²) in [5, 5.41) is 0.749. The number of halogens is 2. The molecule has 2 aromatic rings. The van der Waals surface area contributed by atoms with E-state index in [0.717, 1.165) is 20.3 Å². The zero-order valence-electron chi connectivity index (χ0n) is 9.00. The Hall–Kier alpha value is -0.930. The summed E-state index contributed by atoms with van der Waals surface area (Å²) in [6, 6.07) is 3.34. The third kappa shape index (κ3) is 2.25. The van der Waals surface area contributed by atoms with Crippen LogP contribution in [-0.2, 0) is 0 Å². The van der Waals surface area contributed by atoms with Gasteiger partial charge in [-0.25, -0.2) is 4.39 Å². The minimum atomic E-state index is -0.326. The normalized spacial score (nSPS) is 11.1. The van der Waals surface area contributed by atoms with E-state index in [2.05, 4.69) is 18.8 Å². The molecule has 0 bridgehead atoms. The number of nitrogens with zero attached hydrogens (tertiary/aromatic N) is 1. The lowest BCUT2D eigenvalue weighted by Crippen LogP contribution is -1.80. The molecule has 1 nitrogen and oxygen atoms in total. The number of rotatable bonds is 2. The average Bonchev–Trinajstić information content (AvgIpc) is 2.60. The SMILES string of the molecule is CC(C)c1sc(-c2cncc(F)c2)cc1Cl. The number of hydrogen-bond donors (Lipinski definition) is 0. The van der Waals surface area contributed by atoms with Crippen LogP contribution in [0.1, 0.15) is 24.6 Å². The standard InChI is InChI=1S/C12H11ClFNS/c1-7(2)12-10(13)4-11(16-12)8-3-9(14)6-15-5-8/h3-7H,1-2H3. The second-order valence-corrected chi connectivity index (χ2v) is 5.36. The molecular formula is C12H11ClFNS. The maximum atomic E-state index is 13.0. The highest BCUT2D eigenvalue weighted by Crippen LogP contribution is 2.38. The van der Waals surface area contributed by atoms with E-state index in [4.69, 9.17) is 11.6 Å². The van der Waals surface area contributed by atoms with E-state index in [0.29, 0.717) is 5.92 Å². The monoisotopic (exact) mass is 255 g/mol. The van der Waals surface area contributed by atoms with Gasteiger partial charge in [-0.3, -0.25) is 4.98 Å². The Bertz CT molecular complexity index is 507. The Morgan fingerprint density at radius 3 is 2.62 bits per heavy atom. The summed E-state index contributed by atoms with van der Waals surface area (Å²) in [6.07, 6.45) is 2.84. The molecule has 4 heteroatoms. The molecule has 0 aliphatic carbocycles. The topological polar surface area (TPSA) is 12.9 Å². The predicted molar refractivity (Wildman–Crippen MR) is 66.6 cm³/mol. The van der Waals surface area contributed by atoms with Crippen molar-refractivity contribution < 1.29 is 4.39 Å². The van der Waals surface area contributed by atoms with Crippen LogP contribution in [0.4, 0.5) is 4.39 Å². The van der Waals surface area contributed by atoms with E-state index in [-0.39, 0.29) is 5.82 Å². The Balaban J connectivity index is 2.45. The first-order chi connectivity index (χ1) is 7.58. The van der Waals surface area contributed by atoms with E-state index in [1.807, 2.05) is 6.07 Å². The molecule has 2 rings (SSSR count). The van der Waals surface area contributed by atoms with Crippen LogP contribution in [0.2, 0.25) is 5.02 Å². The van der Waals surface area contributed by atoms with E-state index in [1.165, 1.54) is 12.3 Å². The first kappa shape index (κ1) is 11.6. The van der Waals surface area contributed by atoms with Crippen molar-refractivity contribution in [3.05, 3.63) is 40.2 Å². The third-order valence-electron chi connectivity index (χ3n) is 2.23. The summed E-state index contributed by atoms with van der Waals surface area (Å²) in [5.74, 6) is 0.0564. The van der Waals surface area contributed by atoms with Crippen LogP contribution in [0.15, 0.2) is 24.5 Å². The molecule has 0 amide bonds. The molecule has 0 unspecified atom stereocenters. The molecule has 0 aliphatic heterocycles. The van der Waals surface area contributed by atoms with Crippen LogP contribution < -0.4 is 0 Å². The number of aromatic nitrogens is 1. The van der Waals surface area contributed by atoms with Crippen LogP contribution in [0, 0.1) is 5.82 Å². The van der Waals surface area contributed by atoms with Crippen molar-refractivity contribution in [3.63, 3.8) is 0 Å². The summed E-state index contributed by atoms with van der Waals surface area (Å²) in [4.78, 5) is 5.92. The fourth-order valence-electron chi connectivity index (χ4n) is 1.47. The zero-order valence-corrected chi connectivity index (χ0v) is 10.6. The van der Waals surface area contributed by atoms with Crippen molar-refractivity contribution in [1.29, 1.82) is 0 Å². The average molecular weight is 256 g/mol. The largest absolute Gasteiger partial charge is 0.261 e. The molecular weight excluding hydrogens is 245 g/mol. The van der Waals surface area contributed by atoms with Gasteiger partial charge in [0.2, 0.25) is 0 Å². The van der Waals surface area contributed by atoms with Crippen molar-refractivity contribution in [2.24, 2.45) is 0 Å². The Morgan fingerprint density at radius 2 is 2.06 bits per heavy atom. The van der Waals surface area contributed by atoms with Crippen LogP contribution in [0.5, 0.6) is 0 Å². The van der Waals surface area contributed by atoms with Gasteiger partial charge in [-0.2, -0.15) is 0 Å². The summed E-state index contributed by atoms with van der Waals surface area (Å²) >= 11 is 7.72. The first-order valence-corrected chi connectivity index (χ1v) is 6.17. The maximum absolute atomic E-state index is 13.0. The molecule has 2 aromatic heterocycles. The maximum Gasteiger partial charge on any atom is 0.142 e. The van der Waals surface area contributed by atoms with Gasteiger partial charge in [-0.15, -0.1) is 11.3 Å². The van der Waals surface area contributed by atoms with Gasteiger partial charge in [0.25, 0.3) is 0 Å². The van der Waals surface area contributed by atoms with Gasteiger partial charge in [0, 0.05) is 21.5 Å². The van der Waals surface area contributed by atoms with E-state index in [1.54, 1.807) is 17.5 Å². The lowest BCUT2D eigenvalue weighted by molar-refractivity contribution is 0.622. The van der Waals surface area contributed by atoms with Gasteiger partial charge >= 0.3 is 0 Å². The molecule has 16 heavy (non-hydrogen) atoms. The number of thiophene rings is 1. The highest BCUT2D eigenvalue weighted by molar-refractivity contribution is 7.16. The van der Waals surface area contributed by atoms with Gasteiger partial charge in [0.1, 0.15) is 5.82 Å². The van der Waals surface area contributed by atoms with Crippen molar-refractivity contribution >= 4 is 22.9 Å². The van der Waals surface area contributed by atoms with Gasteiger partial charge in [0.15, 0.2) is 0 Å². The van der Waals surface area contributed by atoms with Crippen LogP contribution in [0.25, 0.3) is 10.4 Å². The molecule has 84 valence electrons. The second-order valence-electron chi connectivity index (χ2n) is 3.87. The summed E-state index contributed by atoms with van der Waals surface area (Å²) < 4.78 is 13.0. The smallest absolute Gasteiger partial charge is 0.142 e. The van der Waals surface area contributed by atoms with E-state index < -0.39 is 0 Å². The second kappa shape index (κ2) is 4.52. The van der Waals surface area contributed by atoms with Gasteiger partial charge in [0.05, 0.1) is 11.2 Å². The van der Waals surface area contributed by atoms with Crippen molar-refractivity contribution in [2.75, 3.05) is 0 Å². The van der Waals surface area contributed by atoms with E-state index >= 15 is 0 Å². The lowest BCUT2D eigenvalue weighted by atomic mass is 10.2. The zero-order chi connectivity index (χ0) is 11.7. The summed E-state index contributed by atoms with van der Waals surface area (Å²) in [5.41, 5.74) is 0.777.